The molecule has 1 aliphatic rings. The largest absolute Gasteiger partial charge is 0.496 e. The van der Waals surface area contributed by atoms with E-state index in [1.165, 1.54) is 34.8 Å². The van der Waals surface area contributed by atoms with Crippen LogP contribution in [0.2, 0.25) is 0 Å². The van der Waals surface area contributed by atoms with Crippen molar-refractivity contribution in [3.05, 3.63) is 29.3 Å². The van der Waals surface area contributed by atoms with E-state index in [-0.39, 0.29) is 6.61 Å². The summed E-state index contributed by atoms with van der Waals surface area (Å²) in [5, 5.41) is 0.523. The van der Waals surface area contributed by atoms with E-state index in [1.807, 2.05) is 6.07 Å². The summed E-state index contributed by atoms with van der Waals surface area (Å²) < 4.78 is 33.2. The predicted octanol–water partition coefficient (Wildman–Crippen LogP) is 2.39. The highest BCUT2D eigenvalue weighted by Gasteiger charge is 2.53. The first kappa shape index (κ1) is 26.6. The molecule has 0 amide bonds. The molecule has 3 unspecified atom stereocenters. The summed E-state index contributed by atoms with van der Waals surface area (Å²) in [4.78, 5) is 47.2. The number of rotatable bonds is 8. The van der Waals surface area contributed by atoms with Gasteiger partial charge in [-0.2, -0.15) is 0 Å². The molecule has 5 atom stereocenters. The van der Waals surface area contributed by atoms with E-state index in [0.717, 1.165) is 5.56 Å². The van der Waals surface area contributed by atoms with E-state index in [2.05, 4.69) is 15.9 Å². The smallest absolute Gasteiger partial charge is 0.303 e. The standard InChI is InChI=1S/C22H27BrO10/c1-11(24)29-10-18-20(30-12(2)25)22(32-14(4)27)21(31-13(3)26)19(33-18)16-8-15(9-23)6-7-17(16)28-5/h6-8,18-22H,9-10H2,1-5H3/t18?,19-,20+,21?,22?/m0/s1. The maximum atomic E-state index is 12.0. The molecule has 0 spiro atoms. The molecule has 11 heteroatoms. The van der Waals surface area contributed by atoms with E-state index < -0.39 is 54.4 Å². The van der Waals surface area contributed by atoms with Crippen LogP contribution in [0.5, 0.6) is 5.75 Å². The Morgan fingerprint density at radius 1 is 0.879 bits per heavy atom. The molecule has 1 heterocycles. The third kappa shape index (κ3) is 7.16. The van der Waals surface area contributed by atoms with E-state index in [1.54, 1.807) is 12.1 Å². The van der Waals surface area contributed by atoms with Gasteiger partial charge in [-0.3, -0.25) is 19.2 Å². The van der Waals surface area contributed by atoms with Crippen LogP contribution in [0.3, 0.4) is 0 Å². The van der Waals surface area contributed by atoms with Crippen molar-refractivity contribution < 1.29 is 47.6 Å². The van der Waals surface area contributed by atoms with Crippen LogP contribution in [-0.2, 0) is 48.2 Å². The van der Waals surface area contributed by atoms with Crippen LogP contribution in [0, 0.1) is 0 Å². The molecule has 0 bridgehead atoms. The van der Waals surface area contributed by atoms with Crippen LogP contribution in [0.4, 0.5) is 0 Å². The van der Waals surface area contributed by atoms with Crippen molar-refractivity contribution >= 4 is 39.8 Å². The molecule has 0 N–H and O–H groups in total. The Kier molecular flexibility index (Phi) is 9.66. The molecule has 10 nitrogen and oxygen atoms in total. The average molecular weight is 531 g/mol. The van der Waals surface area contributed by atoms with E-state index in [9.17, 15) is 19.2 Å². The van der Waals surface area contributed by atoms with Gasteiger partial charge < -0.3 is 28.4 Å². The minimum atomic E-state index is -1.24. The number of alkyl halides is 1. The zero-order chi connectivity index (χ0) is 24.7. The Balaban J connectivity index is 2.65. The molecular weight excluding hydrogens is 504 g/mol. The van der Waals surface area contributed by atoms with E-state index >= 15 is 0 Å². The van der Waals surface area contributed by atoms with Gasteiger partial charge in [0.1, 0.15) is 24.6 Å². The molecule has 1 aromatic carbocycles. The molecule has 1 fully saturated rings. The van der Waals surface area contributed by atoms with Crippen molar-refractivity contribution in [1.29, 1.82) is 0 Å². The molecule has 2 rings (SSSR count). The molecule has 0 radical (unpaired) electrons. The Morgan fingerprint density at radius 3 is 1.97 bits per heavy atom. The second kappa shape index (κ2) is 12.0. The number of hydrogen-bond donors (Lipinski definition) is 0. The quantitative estimate of drug-likeness (QED) is 0.281. The van der Waals surface area contributed by atoms with Crippen molar-refractivity contribution in [2.45, 2.75) is 63.5 Å². The third-order valence-electron chi connectivity index (χ3n) is 4.75. The van der Waals surface area contributed by atoms with Gasteiger partial charge in [0, 0.05) is 38.6 Å². The fourth-order valence-corrected chi connectivity index (χ4v) is 3.92. The molecule has 33 heavy (non-hydrogen) atoms. The first-order valence-corrected chi connectivity index (χ1v) is 11.2. The molecular formula is C22H27BrO10. The first-order valence-electron chi connectivity index (χ1n) is 10.1. The number of ether oxygens (including phenoxy) is 6. The number of benzene rings is 1. The fraction of sp³-hybridized carbons (Fsp3) is 0.545. The maximum absolute atomic E-state index is 12.0. The van der Waals surface area contributed by atoms with Crippen LogP contribution in [0.15, 0.2) is 18.2 Å². The van der Waals surface area contributed by atoms with Crippen LogP contribution in [0.1, 0.15) is 44.9 Å². The lowest BCUT2D eigenvalue weighted by Gasteiger charge is -2.44. The molecule has 1 aliphatic heterocycles. The normalized spacial score (nSPS) is 24.4. The fourth-order valence-electron chi connectivity index (χ4n) is 3.57. The number of carbonyl (C=O) groups is 4. The van der Waals surface area contributed by atoms with Gasteiger partial charge in [-0.15, -0.1) is 0 Å². The molecule has 0 saturated carbocycles. The molecule has 0 aliphatic carbocycles. The number of esters is 4. The van der Waals surface area contributed by atoms with Gasteiger partial charge in [-0.25, -0.2) is 0 Å². The Labute approximate surface area is 199 Å². The Morgan fingerprint density at radius 2 is 1.45 bits per heavy atom. The van der Waals surface area contributed by atoms with Crippen LogP contribution in [-0.4, -0.2) is 62.0 Å². The second-order valence-electron chi connectivity index (χ2n) is 7.33. The highest BCUT2D eigenvalue weighted by Crippen LogP contribution is 2.41. The topological polar surface area (TPSA) is 124 Å². The van der Waals surface area contributed by atoms with E-state index in [4.69, 9.17) is 28.4 Å². The molecule has 182 valence electrons. The Hall–Kier alpha value is -2.66. The highest BCUT2D eigenvalue weighted by atomic mass is 79.9. The summed E-state index contributed by atoms with van der Waals surface area (Å²) in [5.41, 5.74) is 1.38. The summed E-state index contributed by atoms with van der Waals surface area (Å²) in [6.45, 7) is 4.46. The number of carbonyl (C=O) groups excluding carboxylic acids is 4. The van der Waals surface area contributed by atoms with Gasteiger partial charge in [-0.05, 0) is 17.7 Å². The van der Waals surface area contributed by atoms with Crippen molar-refractivity contribution in [1.82, 2.24) is 0 Å². The predicted molar refractivity (Wildman–Crippen MR) is 117 cm³/mol. The lowest BCUT2D eigenvalue weighted by atomic mass is 9.89. The van der Waals surface area contributed by atoms with Crippen molar-refractivity contribution in [3.63, 3.8) is 0 Å². The lowest BCUT2D eigenvalue weighted by molar-refractivity contribution is -0.254. The molecule has 1 aromatic rings. The summed E-state index contributed by atoms with van der Waals surface area (Å²) in [6, 6.07) is 5.34. The average Bonchev–Trinajstić information content (AvgIpc) is 2.73. The van der Waals surface area contributed by atoms with Gasteiger partial charge in [-0.1, -0.05) is 22.0 Å². The van der Waals surface area contributed by atoms with Gasteiger partial charge in [0.05, 0.1) is 7.11 Å². The lowest BCUT2D eigenvalue weighted by Crippen LogP contribution is -2.59. The second-order valence-corrected chi connectivity index (χ2v) is 7.89. The van der Waals surface area contributed by atoms with Crippen LogP contribution in [0.25, 0.3) is 0 Å². The van der Waals surface area contributed by atoms with Gasteiger partial charge in [0.15, 0.2) is 18.3 Å². The van der Waals surface area contributed by atoms with Crippen molar-refractivity contribution in [2.75, 3.05) is 13.7 Å². The molecule has 0 aromatic heterocycles. The maximum Gasteiger partial charge on any atom is 0.303 e. The van der Waals surface area contributed by atoms with Gasteiger partial charge in [0.2, 0.25) is 0 Å². The molecule has 1 saturated heterocycles. The van der Waals surface area contributed by atoms with Crippen molar-refractivity contribution in [3.8, 4) is 5.75 Å². The summed E-state index contributed by atoms with van der Waals surface area (Å²) >= 11 is 3.40. The summed E-state index contributed by atoms with van der Waals surface area (Å²) in [5.74, 6) is -2.20. The van der Waals surface area contributed by atoms with Crippen LogP contribution >= 0.6 is 15.9 Å². The number of halogens is 1. The monoisotopic (exact) mass is 530 g/mol. The highest BCUT2D eigenvalue weighted by molar-refractivity contribution is 9.08. The Bertz CT molecular complexity index is 886. The van der Waals surface area contributed by atoms with Crippen LogP contribution < -0.4 is 4.74 Å². The summed E-state index contributed by atoms with van der Waals surface area (Å²) in [7, 11) is 1.47. The summed E-state index contributed by atoms with van der Waals surface area (Å²) in [6.07, 6.45) is -5.68. The minimum absolute atomic E-state index is 0.297. The van der Waals surface area contributed by atoms with Crippen molar-refractivity contribution in [2.24, 2.45) is 0 Å². The third-order valence-corrected chi connectivity index (χ3v) is 5.39. The zero-order valence-electron chi connectivity index (χ0n) is 19.0. The zero-order valence-corrected chi connectivity index (χ0v) is 20.6. The SMILES string of the molecule is COc1ccc(CBr)cc1[C@@H]1OC(COC(C)=O)[C@@H](OC(C)=O)C(OC(C)=O)C1OC(C)=O. The van der Waals surface area contributed by atoms with Gasteiger partial charge >= 0.3 is 23.9 Å². The minimum Gasteiger partial charge on any atom is -0.496 e. The number of methoxy groups -OCH3 is 1. The van der Waals surface area contributed by atoms with E-state index in [0.29, 0.717) is 16.6 Å². The first-order chi connectivity index (χ1) is 15.6. The number of hydrogen-bond acceptors (Lipinski definition) is 10. The van der Waals surface area contributed by atoms with Gasteiger partial charge in [0.25, 0.3) is 0 Å².